The van der Waals surface area contributed by atoms with E-state index in [-0.39, 0.29) is 5.75 Å². The van der Waals surface area contributed by atoms with E-state index < -0.39 is 26.6 Å². The molecule has 0 saturated heterocycles. The Morgan fingerprint density at radius 3 is 2.10 bits per heavy atom. The summed E-state index contributed by atoms with van der Waals surface area (Å²) < 4.78 is 22.9. The summed E-state index contributed by atoms with van der Waals surface area (Å²) in [7, 11) is -3.06. The van der Waals surface area contributed by atoms with Gasteiger partial charge in [-0.15, -0.1) is 0 Å². The Kier molecular flexibility index (Phi) is 3.45. The molecule has 1 fully saturated rings. The van der Waals surface area contributed by atoms with Crippen molar-refractivity contribution in [2.24, 2.45) is 0 Å². The van der Waals surface area contributed by atoms with Gasteiger partial charge in [-0.3, -0.25) is 4.79 Å². The van der Waals surface area contributed by atoms with Crippen LogP contribution in [0.4, 0.5) is 0 Å². The minimum Gasteiger partial charge on any atom is -0.481 e. The lowest BCUT2D eigenvalue weighted by molar-refractivity contribution is -0.140. The molecule has 0 atom stereocenters. The minimum atomic E-state index is -3.06. The summed E-state index contributed by atoms with van der Waals surface area (Å²) in [5, 5.41) is 9.26. The Bertz CT molecular complexity index is 622. The van der Waals surface area contributed by atoms with Gasteiger partial charge in [0.2, 0.25) is 0 Å². The zero-order valence-corrected chi connectivity index (χ0v) is 12.8. The molecule has 4 nitrogen and oxygen atoms in total. The molecule has 0 heterocycles. The van der Waals surface area contributed by atoms with E-state index in [0.29, 0.717) is 12.8 Å². The number of hydrogen-bond donors (Lipinski definition) is 1. The van der Waals surface area contributed by atoms with Crippen LogP contribution in [-0.4, -0.2) is 31.5 Å². The number of carboxylic acid groups (broad SMARTS) is 1. The highest BCUT2D eigenvalue weighted by atomic mass is 32.2. The van der Waals surface area contributed by atoms with E-state index in [0.717, 1.165) is 11.1 Å². The van der Waals surface area contributed by atoms with Gasteiger partial charge in [0.1, 0.15) is 9.84 Å². The van der Waals surface area contributed by atoms with Crippen LogP contribution in [0.25, 0.3) is 0 Å². The maximum absolute atomic E-state index is 11.5. The third-order valence-electron chi connectivity index (χ3n) is 4.00. The highest BCUT2D eigenvalue weighted by Gasteiger charge is 2.51. The van der Waals surface area contributed by atoms with E-state index in [1.54, 1.807) is 0 Å². The molecule has 0 aliphatic heterocycles. The van der Waals surface area contributed by atoms with Gasteiger partial charge in [0.25, 0.3) is 0 Å². The quantitative estimate of drug-likeness (QED) is 0.903. The summed E-state index contributed by atoms with van der Waals surface area (Å²) in [6.07, 6.45) is 2.58. The van der Waals surface area contributed by atoms with Crippen LogP contribution >= 0.6 is 0 Å². The number of sulfone groups is 1. The molecule has 20 heavy (non-hydrogen) atoms. The summed E-state index contributed by atoms with van der Waals surface area (Å²) >= 11 is 0. The van der Waals surface area contributed by atoms with Crippen LogP contribution in [0.1, 0.15) is 37.8 Å². The highest BCUT2D eigenvalue weighted by Crippen LogP contribution is 2.48. The van der Waals surface area contributed by atoms with Gasteiger partial charge in [-0.25, -0.2) is 8.42 Å². The molecule has 1 aliphatic rings. The van der Waals surface area contributed by atoms with Gasteiger partial charge in [0, 0.05) is 11.7 Å². The summed E-state index contributed by atoms with van der Waals surface area (Å²) in [5.74, 6) is -0.704. The zero-order chi connectivity index (χ0) is 15.2. The largest absolute Gasteiger partial charge is 0.481 e. The smallest absolute Gasteiger partial charge is 0.314 e. The Hall–Kier alpha value is -1.36. The second kappa shape index (κ2) is 4.58. The lowest BCUT2D eigenvalue weighted by Crippen LogP contribution is -2.28. The SMILES string of the molecule is CC(C)(CS(C)(=O)=O)c1ccc(C2(C(=O)O)CC2)cc1. The highest BCUT2D eigenvalue weighted by molar-refractivity contribution is 7.90. The molecule has 0 unspecified atom stereocenters. The van der Waals surface area contributed by atoms with E-state index in [1.165, 1.54) is 6.26 Å². The number of carboxylic acids is 1. The average molecular weight is 296 g/mol. The van der Waals surface area contributed by atoms with Crippen molar-refractivity contribution in [2.75, 3.05) is 12.0 Å². The maximum Gasteiger partial charge on any atom is 0.314 e. The summed E-state index contributed by atoms with van der Waals surface area (Å²) in [5.41, 5.74) is 0.530. The van der Waals surface area contributed by atoms with Crippen molar-refractivity contribution in [2.45, 2.75) is 37.5 Å². The standard InChI is InChI=1S/C15H20O4S/c1-14(2,10-20(3,18)19)11-4-6-12(7-5-11)15(8-9-15)13(16)17/h4-7H,8-10H2,1-3H3,(H,16,17). The molecule has 1 saturated carbocycles. The third kappa shape index (κ3) is 2.87. The second-order valence-electron chi connectivity index (χ2n) is 6.42. The van der Waals surface area contributed by atoms with E-state index >= 15 is 0 Å². The Morgan fingerprint density at radius 1 is 1.25 bits per heavy atom. The van der Waals surface area contributed by atoms with Crippen molar-refractivity contribution in [1.29, 1.82) is 0 Å². The van der Waals surface area contributed by atoms with Crippen LogP contribution in [0.15, 0.2) is 24.3 Å². The van der Waals surface area contributed by atoms with Crippen LogP contribution in [0.5, 0.6) is 0 Å². The van der Waals surface area contributed by atoms with Crippen molar-refractivity contribution < 1.29 is 18.3 Å². The van der Waals surface area contributed by atoms with Gasteiger partial charge in [0.05, 0.1) is 11.2 Å². The van der Waals surface area contributed by atoms with Crippen LogP contribution in [0.2, 0.25) is 0 Å². The first kappa shape index (κ1) is 15.0. The van der Waals surface area contributed by atoms with E-state index in [1.807, 2.05) is 38.1 Å². The fourth-order valence-corrected chi connectivity index (χ4v) is 4.21. The first-order valence-electron chi connectivity index (χ1n) is 6.59. The monoisotopic (exact) mass is 296 g/mol. The third-order valence-corrected chi connectivity index (χ3v) is 5.25. The van der Waals surface area contributed by atoms with Gasteiger partial charge >= 0.3 is 5.97 Å². The molecular formula is C15H20O4S. The fourth-order valence-electron chi connectivity index (χ4n) is 2.73. The minimum absolute atomic E-state index is 0.0728. The molecule has 1 aliphatic carbocycles. The second-order valence-corrected chi connectivity index (χ2v) is 8.56. The van der Waals surface area contributed by atoms with Crippen LogP contribution in [0.3, 0.4) is 0 Å². The van der Waals surface area contributed by atoms with Crippen LogP contribution < -0.4 is 0 Å². The van der Waals surface area contributed by atoms with E-state index in [4.69, 9.17) is 0 Å². The van der Waals surface area contributed by atoms with Crippen LogP contribution in [-0.2, 0) is 25.5 Å². The van der Waals surface area contributed by atoms with E-state index in [2.05, 4.69) is 0 Å². The molecule has 0 bridgehead atoms. The first-order valence-corrected chi connectivity index (χ1v) is 8.65. The van der Waals surface area contributed by atoms with Crippen molar-refractivity contribution in [3.05, 3.63) is 35.4 Å². The van der Waals surface area contributed by atoms with Gasteiger partial charge in [-0.2, -0.15) is 0 Å². The first-order chi connectivity index (χ1) is 9.07. The van der Waals surface area contributed by atoms with Crippen molar-refractivity contribution in [3.63, 3.8) is 0 Å². The summed E-state index contributed by atoms with van der Waals surface area (Å²) in [4.78, 5) is 11.3. The molecule has 0 aromatic heterocycles. The number of hydrogen-bond acceptors (Lipinski definition) is 3. The molecule has 1 aromatic carbocycles. The Balaban J connectivity index is 2.27. The molecule has 1 N–H and O–H groups in total. The van der Waals surface area contributed by atoms with Crippen molar-refractivity contribution in [3.8, 4) is 0 Å². The zero-order valence-electron chi connectivity index (χ0n) is 12.0. The molecule has 1 aromatic rings. The molecule has 0 radical (unpaired) electrons. The number of aliphatic carboxylic acids is 1. The number of rotatable bonds is 5. The molecule has 0 spiro atoms. The van der Waals surface area contributed by atoms with E-state index in [9.17, 15) is 18.3 Å². The molecular weight excluding hydrogens is 276 g/mol. The van der Waals surface area contributed by atoms with Gasteiger partial charge in [0.15, 0.2) is 0 Å². The molecule has 0 amide bonds. The van der Waals surface area contributed by atoms with Crippen molar-refractivity contribution in [1.82, 2.24) is 0 Å². The van der Waals surface area contributed by atoms with Gasteiger partial charge in [-0.1, -0.05) is 38.1 Å². The van der Waals surface area contributed by atoms with Crippen molar-refractivity contribution >= 4 is 15.8 Å². The van der Waals surface area contributed by atoms with Crippen LogP contribution in [0, 0.1) is 0 Å². The predicted molar refractivity (Wildman–Crippen MR) is 77.7 cm³/mol. The normalized spacial score (nSPS) is 17.8. The number of benzene rings is 1. The Labute approximate surface area is 119 Å². The maximum atomic E-state index is 11.5. The Morgan fingerprint density at radius 2 is 1.75 bits per heavy atom. The van der Waals surface area contributed by atoms with Gasteiger partial charge in [-0.05, 0) is 24.0 Å². The fraction of sp³-hybridized carbons (Fsp3) is 0.533. The summed E-state index contributed by atoms with van der Waals surface area (Å²) in [6, 6.07) is 7.34. The molecule has 5 heteroatoms. The molecule has 110 valence electrons. The summed E-state index contributed by atoms with van der Waals surface area (Å²) in [6.45, 7) is 3.76. The van der Waals surface area contributed by atoms with Gasteiger partial charge < -0.3 is 5.11 Å². The lowest BCUT2D eigenvalue weighted by atomic mass is 9.85. The molecule has 2 rings (SSSR count). The topological polar surface area (TPSA) is 71.4 Å². The lowest BCUT2D eigenvalue weighted by Gasteiger charge is -2.24. The predicted octanol–water partition coefficient (Wildman–Crippen LogP) is 2.12. The number of carbonyl (C=O) groups is 1. The average Bonchev–Trinajstić information content (AvgIpc) is 3.07.